The average Bonchev–Trinajstić information content (AvgIpc) is 3.39. The van der Waals surface area contributed by atoms with E-state index in [1.165, 1.54) is 0 Å². The summed E-state index contributed by atoms with van der Waals surface area (Å²) < 4.78 is 13.4. The van der Waals surface area contributed by atoms with E-state index < -0.39 is 0 Å². The highest BCUT2D eigenvalue weighted by Gasteiger charge is 2.43. The van der Waals surface area contributed by atoms with E-state index in [-0.39, 0.29) is 12.1 Å². The van der Waals surface area contributed by atoms with Gasteiger partial charge < -0.3 is 24.3 Å². The first-order valence-electron chi connectivity index (χ1n) is 11.8. The van der Waals surface area contributed by atoms with Crippen molar-refractivity contribution in [1.82, 2.24) is 19.9 Å². The highest BCUT2D eigenvalue weighted by molar-refractivity contribution is 7.80. The molecule has 36 heavy (non-hydrogen) atoms. The van der Waals surface area contributed by atoms with Crippen LogP contribution in [0.1, 0.15) is 40.3 Å². The summed E-state index contributed by atoms with van der Waals surface area (Å²) in [4.78, 5) is 11.5. The van der Waals surface area contributed by atoms with Gasteiger partial charge in [-0.05, 0) is 80.5 Å². The SMILES string of the molecule is COc1ccc(N2C(=S)N[C@@H](c3ccccn3)[C@@H]2c2cc(C)n(-c3ncccc3C)c2C)c(OC)c1. The van der Waals surface area contributed by atoms with E-state index in [4.69, 9.17) is 21.7 Å². The fraction of sp³-hybridized carbons (Fsp3) is 0.250. The Morgan fingerprint density at radius 2 is 1.72 bits per heavy atom. The lowest BCUT2D eigenvalue weighted by molar-refractivity contribution is 0.394. The lowest BCUT2D eigenvalue weighted by Crippen LogP contribution is -2.30. The summed E-state index contributed by atoms with van der Waals surface area (Å²) in [6.45, 7) is 6.33. The van der Waals surface area contributed by atoms with E-state index in [1.807, 2.05) is 54.9 Å². The van der Waals surface area contributed by atoms with Crippen LogP contribution in [0.25, 0.3) is 5.82 Å². The molecule has 0 amide bonds. The number of methoxy groups -OCH3 is 2. The van der Waals surface area contributed by atoms with E-state index in [9.17, 15) is 0 Å². The molecular weight excluding hydrogens is 470 g/mol. The van der Waals surface area contributed by atoms with E-state index in [0.29, 0.717) is 10.9 Å². The second-order valence-corrected chi connectivity index (χ2v) is 9.23. The molecule has 0 unspecified atom stereocenters. The van der Waals surface area contributed by atoms with Gasteiger partial charge in [-0.15, -0.1) is 0 Å². The molecule has 7 nitrogen and oxygen atoms in total. The molecule has 4 heterocycles. The standard InChI is InChI=1S/C28H29N5O2S/c1-17-9-8-14-30-27(17)32-18(2)15-21(19(32)3)26-25(22-10-6-7-13-29-22)31-28(36)33(26)23-12-11-20(34-4)16-24(23)35-5/h6-16,25-26H,1-5H3,(H,31,36)/t25-,26-/m0/s1. The number of nitrogens with zero attached hydrogens (tertiary/aromatic N) is 4. The molecule has 4 aromatic rings. The Kier molecular flexibility index (Phi) is 6.36. The van der Waals surface area contributed by atoms with E-state index in [1.54, 1.807) is 14.2 Å². The molecule has 0 saturated carbocycles. The van der Waals surface area contributed by atoms with Crippen LogP contribution in [0.4, 0.5) is 5.69 Å². The zero-order valence-electron chi connectivity index (χ0n) is 21.0. The normalized spacial score (nSPS) is 17.2. The predicted octanol–water partition coefficient (Wildman–Crippen LogP) is 5.39. The highest BCUT2D eigenvalue weighted by Crippen LogP contribution is 2.46. The van der Waals surface area contributed by atoms with Crippen molar-refractivity contribution < 1.29 is 9.47 Å². The number of aryl methyl sites for hydroxylation is 2. The molecule has 2 atom stereocenters. The summed E-state index contributed by atoms with van der Waals surface area (Å²) in [5.74, 6) is 2.32. The average molecular weight is 500 g/mol. The van der Waals surface area contributed by atoms with Gasteiger partial charge in [0.15, 0.2) is 5.11 Å². The topological polar surface area (TPSA) is 64.4 Å². The summed E-state index contributed by atoms with van der Waals surface area (Å²) in [6, 6.07) is 17.7. The van der Waals surface area contributed by atoms with Crippen molar-refractivity contribution in [3.63, 3.8) is 0 Å². The first kappa shape index (κ1) is 23.8. The van der Waals surface area contributed by atoms with Gasteiger partial charge in [0.25, 0.3) is 0 Å². The van der Waals surface area contributed by atoms with Crippen LogP contribution >= 0.6 is 12.2 Å². The molecule has 1 saturated heterocycles. The zero-order valence-corrected chi connectivity index (χ0v) is 21.8. The molecule has 1 aromatic carbocycles. The number of rotatable bonds is 6. The second kappa shape index (κ2) is 9.62. The minimum absolute atomic E-state index is 0.163. The molecule has 0 bridgehead atoms. The molecule has 1 aliphatic rings. The number of thiocarbonyl (C=S) groups is 1. The minimum Gasteiger partial charge on any atom is -0.497 e. The highest BCUT2D eigenvalue weighted by atomic mass is 32.1. The number of nitrogens with one attached hydrogen (secondary N) is 1. The van der Waals surface area contributed by atoms with Crippen LogP contribution < -0.4 is 19.7 Å². The Hall–Kier alpha value is -3.91. The van der Waals surface area contributed by atoms with Crippen LogP contribution in [0.5, 0.6) is 11.5 Å². The first-order chi connectivity index (χ1) is 17.4. The maximum absolute atomic E-state index is 5.92. The van der Waals surface area contributed by atoms with Crippen molar-refractivity contribution in [2.24, 2.45) is 0 Å². The Morgan fingerprint density at radius 3 is 2.42 bits per heavy atom. The second-order valence-electron chi connectivity index (χ2n) is 8.84. The fourth-order valence-corrected chi connectivity index (χ4v) is 5.38. The van der Waals surface area contributed by atoms with Gasteiger partial charge in [0.2, 0.25) is 0 Å². The number of benzene rings is 1. The molecule has 0 spiro atoms. The third kappa shape index (κ3) is 3.97. The smallest absolute Gasteiger partial charge is 0.174 e. The number of aromatic nitrogens is 3. The van der Waals surface area contributed by atoms with E-state index in [0.717, 1.165) is 45.5 Å². The molecule has 0 radical (unpaired) electrons. The van der Waals surface area contributed by atoms with Gasteiger partial charge in [0.1, 0.15) is 17.3 Å². The largest absolute Gasteiger partial charge is 0.497 e. The lowest BCUT2D eigenvalue weighted by atomic mass is 9.96. The summed E-state index contributed by atoms with van der Waals surface area (Å²) in [5.41, 5.74) is 6.23. The van der Waals surface area contributed by atoms with Crippen LogP contribution in [0, 0.1) is 20.8 Å². The number of pyridine rings is 2. The summed E-state index contributed by atoms with van der Waals surface area (Å²) in [5, 5.41) is 4.15. The Morgan fingerprint density at radius 1 is 0.917 bits per heavy atom. The van der Waals surface area contributed by atoms with Gasteiger partial charge in [0.05, 0.1) is 37.7 Å². The zero-order chi connectivity index (χ0) is 25.4. The molecule has 8 heteroatoms. The molecule has 184 valence electrons. The molecular formula is C28H29N5O2S. The summed E-state index contributed by atoms with van der Waals surface area (Å²) in [7, 11) is 3.30. The number of hydrogen-bond acceptors (Lipinski definition) is 5. The Labute approximate surface area is 216 Å². The van der Waals surface area contributed by atoms with Crippen LogP contribution in [0.3, 0.4) is 0 Å². The molecule has 1 N–H and O–H groups in total. The lowest BCUT2D eigenvalue weighted by Gasteiger charge is -2.29. The number of anilines is 1. The van der Waals surface area contributed by atoms with Gasteiger partial charge in [-0.2, -0.15) is 0 Å². The predicted molar refractivity (Wildman–Crippen MR) is 145 cm³/mol. The minimum atomic E-state index is -0.168. The van der Waals surface area contributed by atoms with Gasteiger partial charge in [-0.1, -0.05) is 12.1 Å². The van der Waals surface area contributed by atoms with E-state index >= 15 is 0 Å². The van der Waals surface area contributed by atoms with Gasteiger partial charge in [0, 0.05) is 29.8 Å². The van der Waals surface area contributed by atoms with Crippen molar-refractivity contribution in [3.05, 3.63) is 95.2 Å². The van der Waals surface area contributed by atoms with Crippen LogP contribution in [-0.4, -0.2) is 33.9 Å². The number of hydrogen-bond donors (Lipinski definition) is 1. The van der Waals surface area contributed by atoms with Crippen LogP contribution in [-0.2, 0) is 0 Å². The molecule has 1 fully saturated rings. The fourth-order valence-electron chi connectivity index (χ4n) is 5.04. The third-order valence-electron chi connectivity index (χ3n) is 6.73. The van der Waals surface area contributed by atoms with E-state index in [2.05, 4.69) is 57.7 Å². The number of ether oxygens (including phenoxy) is 2. The molecule has 1 aliphatic heterocycles. The third-order valence-corrected chi connectivity index (χ3v) is 7.04. The van der Waals surface area contributed by atoms with Crippen molar-refractivity contribution in [3.8, 4) is 17.3 Å². The van der Waals surface area contributed by atoms with Crippen molar-refractivity contribution in [2.75, 3.05) is 19.1 Å². The van der Waals surface area contributed by atoms with Gasteiger partial charge in [-0.25, -0.2) is 4.98 Å². The molecule has 5 rings (SSSR count). The van der Waals surface area contributed by atoms with Crippen LogP contribution in [0.2, 0.25) is 0 Å². The maximum atomic E-state index is 5.92. The first-order valence-corrected chi connectivity index (χ1v) is 12.2. The quantitative estimate of drug-likeness (QED) is 0.357. The van der Waals surface area contributed by atoms with Gasteiger partial charge >= 0.3 is 0 Å². The maximum Gasteiger partial charge on any atom is 0.174 e. The molecule has 0 aliphatic carbocycles. The summed E-state index contributed by atoms with van der Waals surface area (Å²) >= 11 is 5.92. The molecule has 3 aromatic heterocycles. The van der Waals surface area contributed by atoms with Crippen molar-refractivity contribution in [2.45, 2.75) is 32.9 Å². The van der Waals surface area contributed by atoms with Gasteiger partial charge in [-0.3, -0.25) is 4.98 Å². The Bertz CT molecular complexity index is 1420. The van der Waals surface area contributed by atoms with Crippen molar-refractivity contribution in [1.29, 1.82) is 0 Å². The van der Waals surface area contributed by atoms with Crippen molar-refractivity contribution >= 4 is 23.0 Å². The summed E-state index contributed by atoms with van der Waals surface area (Å²) in [6.07, 6.45) is 3.65. The van der Waals surface area contributed by atoms with Crippen LogP contribution in [0.15, 0.2) is 67.0 Å². The Balaban J connectivity index is 1.71. The monoisotopic (exact) mass is 499 g/mol.